The third kappa shape index (κ3) is 3.55. The maximum atomic E-state index is 5.73. The summed E-state index contributed by atoms with van der Waals surface area (Å²) < 4.78 is 1.91. The Morgan fingerprint density at radius 1 is 1.54 bits per heavy atom. The summed E-state index contributed by atoms with van der Waals surface area (Å²) in [6.07, 6.45) is 2.01. The van der Waals surface area contributed by atoms with Gasteiger partial charge in [-0.25, -0.2) is 0 Å². The van der Waals surface area contributed by atoms with Gasteiger partial charge in [-0.15, -0.1) is 24.8 Å². The number of aryl methyl sites for hydroxylation is 2. The lowest BCUT2D eigenvalue weighted by Gasteiger charge is -2.00. The van der Waals surface area contributed by atoms with Crippen molar-refractivity contribution in [3.63, 3.8) is 0 Å². The van der Waals surface area contributed by atoms with Crippen LogP contribution in [0.2, 0.25) is 0 Å². The number of halogens is 2. The molecule has 0 bridgehead atoms. The van der Waals surface area contributed by atoms with Crippen LogP contribution in [0, 0.1) is 6.92 Å². The molecule has 0 aromatic carbocycles. The fraction of sp³-hybridized carbons (Fsp3) is 0.625. The van der Waals surface area contributed by atoms with E-state index in [1.165, 1.54) is 0 Å². The highest BCUT2D eigenvalue weighted by molar-refractivity contribution is 5.85. The van der Waals surface area contributed by atoms with Crippen molar-refractivity contribution in [2.24, 2.45) is 5.73 Å². The van der Waals surface area contributed by atoms with Crippen LogP contribution in [0.25, 0.3) is 0 Å². The van der Waals surface area contributed by atoms with Gasteiger partial charge >= 0.3 is 0 Å². The maximum Gasteiger partial charge on any atom is 0.0641 e. The minimum atomic E-state index is 0. The van der Waals surface area contributed by atoms with Gasteiger partial charge in [0.15, 0.2) is 0 Å². The van der Waals surface area contributed by atoms with E-state index in [0.29, 0.717) is 0 Å². The molecule has 0 aliphatic heterocycles. The number of aromatic nitrogens is 2. The van der Waals surface area contributed by atoms with Gasteiger partial charge in [-0.1, -0.05) is 0 Å². The smallest absolute Gasteiger partial charge is 0.0641 e. The highest BCUT2D eigenvalue weighted by Crippen LogP contribution is 2.12. The zero-order valence-corrected chi connectivity index (χ0v) is 9.78. The lowest BCUT2D eigenvalue weighted by molar-refractivity contribution is 0.652. The van der Waals surface area contributed by atoms with Crippen LogP contribution in [0.5, 0.6) is 0 Å². The van der Waals surface area contributed by atoms with Crippen LogP contribution in [0.15, 0.2) is 6.20 Å². The van der Waals surface area contributed by atoms with Gasteiger partial charge in [0.25, 0.3) is 0 Å². The molecule has 1 unspecified atom stereocenters. The van der Waals surface area contributed by atoms with Gasteiger partial charge < -0.3 is 5.73 Å². The van der Waals surface area contributed by atoms with Gasteiger partial charge in [-0.05, 0) is 20.8 Å². The fourth-order valence-corrected chi connectivity index (χ4v) is 1.14. The second kappa shape index (κ2) is 6.24. The van der Waals surface area contributed by atoms with Crippen molar-refractivity contribution < 1.29 is 0 Å². The molecular formula is C8H17Cl2N3. The normalized spacial score (nSPS) is 11.4. The topological polar surface area (TPSA) is 43.8 Å². The first kappa shape index (κ1) is 15.2. The van der Waals surface area contributed by atoms with Crippen LogP contribution in [0.1, 0.15) is 31.1 Å². The van der Waals surface area contributed by atoms with E-state index in [1.807, 2.05) is 24.7 Å². The molecule has 0 spiro atoms. The minimum Gasteiger partial charge on any atom is -0.324 e. The van der Waals surface area contributed by atoms with Crippen LogP contribution >= 0.6 is 24.8 Å². The first-order valence-electron chi connectivity index (χ1n) is 3.94. The molecule has 1 rings (SSSR count). The van der Waals surface area contributed by atoms with Crippen molar-refractivity contribution in [3.05, 3.63) is 17.5 Å². The molecule has 1 aromatic rings. The van der Waals surface area contributed by atoms with Gasteiger partial charge in [0.1, 0.15) is 0 Å². The third-order valence-corrected chi connectivity index (χ3v) is 1.80. The molecule has 1 aromatic heterocycles. The van der Waals surface area contributed by atoms with Gasteiger partial charge in [0, 0.05) is 24.3 Å². The Bertz CT molecular complexity index is 246. The molecule has 0 aliphatic rings. The van der Waals surface area contributed by atoms with Gasteiger partial charge in [0.05, 0.1) is 5.69 Å². The second-order valence-corrected chi connectivity index (χ2v) is 2.81. The van der Waals surface area contributed by atoms with Crippen LogP contribution < -0.4 is 5.73 Å². The molecule has 1 heterocycles. The van der Waals surface area contributed by atoms with E-state index in [4.69, 9.17) is 5.73 Å². The van der Waals surface area contributed by atoms with Gasteiger partial charge in [-0.2, -0.15) is 5.10 Å². The number of hydrogen-bond acceptors (Lipinski definition) is 2. The predicted octanol–water partition coefficient (Wildman–Crippen LogP) is 2.07. The molecule has 0 saturated carbocycles. The highest BCUT2D eigenvalue weighted by atomic mass is 35.5. The van der Waals surface area contributed by atoms with E-state index in [1.54, 1.807) is 0 Å². The Labute approximate surface area is 91.5 Å². The standard InChI is InChI=1S/C8H15N3.2ClH/c1-4-11-5-8(6(2)9)7(3)10-11;;/h5-6H,4,9H2,1-3H3;2*1H. The van der Waals surface area contributed by atoms with Crippen molar-refractivity contribution in [1.82, 2.24) is 9.78 Å². The van der Waals surface area contributed by atoms with Crippen LogP contribution in [0.4, 0.5) is 0 Å². The molecule has 1 atom stereocenters. The first-order chi connectivity index (χ1) is 5.15. The van der Waals surface area contributed by atoms with Crippen LogP contribution in [0.3, 0.4) is 0 Å². The summed E-state index contributed by atoms with van der Waals surface area (Å²) >= 11 is 0. The molecule has 2 N–H and O–H groups in total. The molecule has 0 radical (unpaired) electrons. The third-order valence-electron chi connectivity index (χ3n) is 1.80. The largest absolute Gasteiger partial charge is 0.324 e. The summed E-state index contributed by atoms with van der Waals surface area (Å²) in [6.45, 7) is 6.94. The maximum absolute atomic E-state index is 5.73. The zero-order valence-electron chi connectivity index (χ0n) is 8.15. The summed E-state index contributed by atoms with van der Waals surface area (Å²) in [5.41, 5.74) is 7.92. The number of nitrogens with two attached hydrogens (primary N) is 1. The number of hydrogen-bond donors (Lipinski definition) is 1. The predicted molar refractivity (Wildman–Crippen MR) is 59.7 cm³/mol. The van der Waals surface area contributed by atoms with E-state index in [0.717, 1.165) is 17.8 Å². The molecule has 0 saturated heterocycles. The molecule has 78 valence electrons. The summed E-state index contributed by atoms with van der Waals surface area (Å²) in [5.74, 6) is 0. The highest BCUT2D eigenvalue weighted by Gasteiger charge is 2.06. The quantitative estimate of drug-likeness (QED) is 0.838. The number of rotatable bonds is 2. The Balaban J connectivity index is 0. The van der Waals surface area contributed by atoms with E-state index in [2.05, 4.69) is 12.0 Å². The Morgan fingerprint density at radius 2 is 2.08 bits per heavy atom. The van der Waals surface area contributed by atoms with E-state index < -0.39 is 0 Å². The lowest BCUT2D eigenvalue weighted by Crippen LogP contribution is -2.04. The zero-order chi connectivity index (χ0) is 8.43. The summed E-state index contributed by atoms with van der Waals surface area (Å²) in [7, 11) is 0. The molecule has 3 nitrogen and oxygen atoms in total. The molecule has 0 aliphatic carbocycles. The van der Waals surface area contributed by atoms with Crippen molar-refractivity contribution in [2.45, 2.75) is 33.4 Å². The van der Waals surface area contributed by atoms with Gasteiger partial charge in [0.2, 0.25) is 0 Å². The molecule has 0 amide bonds. The molecular weight excluding hydrogens is 209 g/mol. The Morgan fingerprint density at radius 3 is 2.31 bits per heavy atom. The van der Waals surface area contributed by atoms with Crippen LogP contribution in [-0.2, 0) is 6.54 Å². The lowest BCUT2D eigenvalue weighted by atomic mass is 10.1. The van der Waals surface area contributed by atoms with E-state index in [-0.39, 0.29) is 30.9 Å². The first-order valence-corrected chi connectivity index (χ1v) is 3.94. The molecule has 0 fully saturated rings. The number of nitrogens with zero attached hydrogens (tertiary/aromatic N) is 2. The fourth-order valence-electron chi connectivity index (χ4n) is 1.14. The molecule has 5 heteroatoms. The van der Waals surface area contributed by atoms with Crippen molar-refractivity contribution in [1.29, 1.82) is 0 Å². The average molecular weight is 226 g/mol. The Hall–Kier alpha value is -0.250. The van der Waals surface area contributed by atoms with E-state index >= 15 is 0 Å². The van der Waals surface area contributed by atoms with Crippen molar-refractivity contribution in [3.8, 4) is 0 Å². The van der Waals surface area contributed by atoms with Gasteiger partial charge in [-0.3, -0.25) is 4.68 Å². The van der Waals surface area contributed by atoms with Crippen molar-refractivity contribution in [2.75, 3.05) is 0 Å². The van der Waals surface area contributed by atoms with Crippen molar-refractivity contribution >= 4 is 24.8 Å². The minimum absolute atomic E-state index is 0. The summed E-state index contributed by atoms with van der Waals surface area (Å²) in [5, 5.41) is 4.29. The van der Waals surface area contributed by atoms with Crippen LogP contribution in [-0.4, -0.2) is 9.78 Å². The summed E-state index contributed by atoms with van der Waals surface area (Å²) in [4.78, 5) is 0. The SMILES string of the molecule is CCn1cc(C(C)N)c(C)n1.Cl.Cl. The second-order valence-electron chi connectivity index (χ2n) is 2.81. The average Bonchev–Trinajstić information content (AvgIpc) is 2.30. The Kier molecular flexibility index (Phi) is 7.31. The van der Waals surface area contributed by atoms with E-state index in [9.17, 15) is 0 Å². The molecule has 13 heavy (non-hydrogen) atoms. The summed E-state index contributed by atoms with van der Waals surface area (Å²) in [6, 6.07) is 0.0929. The monoisotopic (exact) mass is 225 g/mol.